The molecule has 2 aromatic rings. The van der Waals surface area contributed by atoms with E-state index in [4.69, 9.17) is 4.74 Å². The Balaban J connectivity index is 1.39. The molecular weight excluding hydrogens is 340 g/mol. The highest BCUT2D eigenvalue weighted by Gasteiger charge is 2.21. The van der Waals surface area contributed by atoms with E-state index in [1.54, 1.807) is 0 Å². The van der Waals surface area contributed by atoms with Crippen LogP contribution in [-0.4, -0.2) is 37.2 Å². The maximum Gasteiger partial charge on any atom is 0.119 e. The maximum absolute atomic E-state index is 5.79. The van der Waals surface area contributed by atoms with Gasteiger partial charge in [-0.1, -0.05) is 34.1 Å². The lowest BCUT2D eigenvalue weighted by molar-refractivity contribution is 0.237. The van der Waals surface area contributed by atoms with Crippen LogP contribution in [-0.2, 0) is 0 Å². The summed E-state index contributed by atoms with van der Waals surface area (Å²) in [6, 6.07) is 19.0. The molecule has 1 heterocycles. The molecule has 116 valence electrons. The molecule has 0 bridgehead atoms. The summed E-state index contributed by atoms with van der Waals surface area (Å²) in [5.74, 6) is 0.932. The topological polar surface area (TPSA) is 24.5 Å². The number of rotatable bonds is 6. The molecule has 22 heavy (non-hydrogen) atoms. The molecule has 0 spiro atoms. The standard InChI is InChI=1S/C18H21BrN2O/c19-15-6-8-18(9-7-15)22-13-12-21-11-10-17(14-21)20-16-4-2-1-3-5-16/h1-9,17,20H,10-14H2. The highest BCUT2D eigenvalue weighted by Crippen LogP contribution is 2.17. The first-order chi connectivity index (χ1) is 10.8. The molecule has 1 fully saturated rings. The predicted octanol–water partition coefficient (Wildman–Crippen LogP) is 4.01. The number of hydrogen-bond donors (Lipinski definition) is 1. The van der Waals surface area contributed by atoms with E-state index in [1.807, 2.05) is 30.3 Å². The molecule has 0 aromatic heterocycles. The molecule has 1 N–H and O–H groups in total. The van der Waals surface area contributed by atoms with Crippen LogP contribution in [0.5, 0.6) is 5.75 Å². The summed E-state index contributed by atoms with van der Waals surface area (Å²) in [6.45, 7) is 3.93. The zero-order chi connectivity index (χ0) is 15.2. The van der Waals surface area contributed by atoms with Crippen molar-refractivity contribution in [3.05, 3.63) is 59.1 Å². The van der Waals surface area contributed by atoms with Crippen molar-refractivity contribution < 1.29 is 4.74 Å². The van der Waals surface area contributed by atoms with Gasteiger partial charge in [0.25, 0.3) is 0 Å². The third-order valence-electron chi connectivity index (χ3n) is 3.91. The first-order valence-corrected chi connectivity index (χ1v) is 8.51. The maximum atomic E-state index is 5.79. The fourth-order valence-electron chi connectivity index (χ4n) is 2.75. The van der Waals surface area contributed by atoms with Crippen molar-refractivity contribution in [1.82, 2.24) is 4.90 Å². The molecule has 1 aliphatic rings. The van der Waals surface area contributed by atoms with E-state index in [9.17, 15) is 0 Å². The number of anilines is 1. The molecular formula is C18H21BrN2O. The Morgan fingerprint density at radius 3 is 2.64 bits per heavy atom. The Hall–Kier alpha value is -1.52. The summed E-state index contributed by atoms with van der Waals surface area (Å²) in [7, 11) is 0. The van der Waals surface area contributed by atoms with E-state index in [0.717, 1.165) is 36.5 Å². The number of halogens is 1. The first kappa shape index (κ1) is 15.4. The summed E-state index contributed by atoms with van der Waals surface area (Å²) in [5.41, 5.74) is 1.21. The van der Waals surface area contributed by atoms with Crippen LogP contribution in [0.1, 0.15) is 6.42 Å². The molecule has 1 aliphatic heterocycles. The molecule has 0 saturated carbocycles. The Morgan fingerprint density at radius 2 is 1.86 bits per heavy atom. The zero-order valence-corrected chi connectivity index (χ0v) is 14.1. The van der Waals surface area contributed by atoms with Crippen LogP contribution in [0.4, 0.5) is 5.69 Å². The van der Waals surface area contributed by atoms with Crippen LogP contribution in [0.3, 0.4) is 0 Å². The number of likely N-dealkylation sites (tertiary alicyclic amines) is 1. The normalized spacial score (nSPS) is 18.3. The fraction of sp³-hybridized carbons (Fsp3) is 0.333. The zero-order valence-electron chi connectivity index (χ0n) is 12.5. The molecule has 4 heteroatoms. The van der Waals surface area contributed by atoms with Gasteiger partial charge < -0.3 is 10.1 Å². The summed E-state index contributed by atoms with van der Waals surface area (Å²) >= 11 is 3.43. The SMILES string of the molecule is Brc1ccc(OCCN2CCC(Nc3ccccc3)C2)cc1. The minimum Gasteiger partial charge on any atom is -0.492 e. The van der Waals surface area contributed by atoms with E-state index < -0.39 is 0 Å². The van der Waals surface area contributed by atoms with Crippen LogP contribution in [0.25, 0.3) is 0 Å². The van der Waals surface area contributed by atoms with E-state index in [-0.39, 0.29) is 0 Å². The van der Waals surface area contributed by atoms with Crippen LogP contribution in [0.15, 0.2) is 59.1 Å². The average Bonchev–Trinajstić information content (AvgIpc) is 2.98. The minimum absolute atomic E-state index is 0.537. The van der Waals surface area contributed by atoms with Crippen LogP contribution in [0, 0.1) is 0 Å². The van der Waals surface area contributed by atoms with E-state index in [2.05, 4.69) is 50.4 Å². The summed E-state index contributed by atoms with van der Waals surface area (Å²) in [6.07, 6.45) is 1.19. The smallest absolute Gasteiger partial charge is 0.119 e. The van der Waals surface area contributed by atoms with Crippen molar-refractivity contribution in [2.24, 2.45) is 0 Å². The molecule has 3 rings (SSSR count). The van der Waals surface area contributed by atoms with Crippen molar-refractivity contribution in [1.29, 1.82) is 0 Å². The van der Waals surface area contributed by atoms with Gasteiger partial charge >= 0.3 is 0 Å². The number of hydrogen-bond acceptors (Lipinski definition) is 3. The number of para-hydroxylation sites is 1. The summed E-state index contributed by atoms with van der Waals surface area (Å²) in [5, 5.41) is 3.60. The van der Waals surface area contributed by atoms with Gasteiger partial charge in [0.2, 0.25) is 0 Å². The average molecular weight is 361 g/mol. The third-order valence-corrected chi connectivity index (χ3v) is 4.44. The molecule has 0 amide bonds. The van der Waals surface area contributed by atoms with E-state index in [0.29, 0.717) is 6.04 Å². The van der Waals surface area contributed by atoms with Gasteiger partial charge in [0, 0.05) is 35.8 Å². The largest absolute Gasteiger partial charge is 0.492 e. The van der Waals surface area contributed by atoms with Gasteiger partial charge in [0.1, 0.15) is 12.4 Å². The van der Waals surface area contributed by atoms with Crippen LogP contribution in [0.2, 0.25) is 0 Å². The van der Waals surface area contributed by atoms with Crippen molar-refractivity contribution in [2.45, 2.75) is 12.5 Å². The molecule has 1 saturated heterocycles. The molecule has 3 nitrogen and oxygen atoms in total. The lowest BCUT2D eigenvalue weighted by Gasteiger charge is -2.17. The Bertz CT molecular complexity index is 573. The lowest BCUT2D eigenvalue weighted by Crippen LogP contribution is -2.29. The van der Waals surface area contributed by atoms with Crippen LogP contribution >= 0.6 is 15.9 Å². The monoisotopic (exact) mass is 360 g/mol. The molecule has 2 aromatic carbocycles. The molecule has 0 radical (unpaired) electrons. The van der Waals surface area contributed by atoms with Gasteiger partial charge in [-0.25, -0.2) is 0 Å². The second-order valence-corrected chi connectivity index (χ2v) is 6.51. The van der Waals surface area contributed by atoms with Gasteiger partial charge in [0.15, 0.2) is 0 Å². The fourth-order valence-corrected chi connectivity index (χ4v) is 3.01. The number of nitrogens with one attached hydrogen (secondary N) is 1. The van der Waals surface area contributed by atoms with Gasteiger partial charge in [-0.15, -0.1) is 0 Å². The summed E-state index contributed by atoms with van der Waals surface area (Å²) < 4.78 is 6.87. The van der Waals surface area contributed by atoms with Crippen molar-refractivity contribution in [3.8, 4) is 5.75 Å². The third kappa shape index (κ3) is 4.49. The number of ether oxygens (including phenoxy) is 1. The second kappa shape index (κ2) is 7.65. The molecule has 0 aliphatic carbocycles. The lowest BCUT2D eigenvalue weighted by atomic mass is 10.2. The number of benzene rings is 2. The van der Waals surface area contributed by atoms with E-state index in [1.165, 1.54) is 12.1 Å². The van der Waals surface area contributed by atoms with E-state index >= 15 is 0 Å². The highest BCUT2D eigenvalue weighted by atomic mass is 79.9. The van der Waals surface area contributed by atoms with Crippen molar-refractivity contribution >= 4 is 21.6 Å². The summed E-state index contributed by atoms with van der Waals surface area (Å²) in [4.78, 5) is 2.46. The van der Waals surface area contributed by atoms with Gasteiger partial charge in [0.05, 0.1) is 0 Å². The van der Waals surface area contributed by atoms with Gasteiger partial charge in [-0.3, -0.25) is 4.90 Å². The first-order valence-electron chi connectivity index (χ1n) is 7.72. The predicted molar refractivity (Wildman–Crippen MR) is 94.5 cm³/mol. The second-order valence-electron chi connectivity index (χ2n) is 5.60. The Kier molecular flexibility index (Phi) is 5.35. The Labute approximate surface area is 140 Å². The Morgan fingerprint density at radius 1 is 1.09 bits per heavy atom. The molecule has 1 unspecified atom stereocenters. The molecule has 1 atom stereocenters. The quantitative estimate of drug-likeness (QED) is 0.841. The number of nitrogens with zero attached hydrogens (tertiary/aromatic N) is 1. The minimum atomic E-state index is 0.537. The highest BCUT2D eigenvalue weighted by molar-refractivity contribution is 9.10. The van der Waals surface area contributed by atoms with Gasteiger partial charge in [-0.05, 0) is 42.8 Å². The van der Waals surface area contributed by atoms with Crippen LogP contribution < -0.4 is 10.1 Å². The van der Waals surface area contributed by atoms with Crippen molar-refractivity contribution in [2.75, 3.05) is 31.6 Å². The van der Waals surface area contributed by atoms with Gasteiger partial charge in [-0.2, -0.15) is 0 Å². The van der Waals surface area contributed by atoms with Crippen molar-refractivity contribution in [3.63, 3.8) is 0 Å².